The van der Waals surface area contributed by atoms with Crippen molar-refractivity contribution in [2.45, 2.75) is 25.9 Å². The van der Waals surface area contributed by atoms with Crippen LogP contribution in [-0.4, -0.2) is 18.0 Å². The van der Waals surface area contributed by atoms with Gasteiger partial charge in [-0.05, 0) is 49.4 Å². The Bertz CT molecular complexity index is 642. The van der Waals surface area contributed by atoms with Crippen molar-refractivity contribution in [1.82, 2.24) is 0 Å². The molecule has 1 aromatic carbocycles. The summed E-state index contributed by atoms with van der Waals surface area (Å²) in [7, 11) is 0. The Kier molecular flexibility index (Phi) is 2.89. The highest BCUT2D eigenvalue weighted by Crippen LogP contribution is 2.57. The number of anilines is 1. The second-order valence-corrected chi connectivity index (χ2v) is 7.23. The largest absolute Gasteiger partial charge is 0.462 e. The third-order valence-corrected chi connectivity index (χ3v) is 6.10. The topological polar surface area (TPSA) is 55.4 Å². The van der Waals surface area contributed by atoms with E-state index in [1.165, 1.54) is 0 Å². The fraction of sp³-hybridized carbons (Fsp3) is 0.500. The molecule has 2 saturated carbocycles. The van der Waals surface area contributed by atoms with Crippen LogP contribution in [0.25, 0.3) is 0 Å². The Balaban J connectivity index is 1.55. The number of rotatable bonds is 2. The molecule has 0 radical (unpaired) electrons. The quantitative estimate of drug-likeness (QED) is 0.835. The van der Waals surface area contributed by atoms with E-state index >= 15 is 0 Å². The number of benzene rings is 1. The van der Waals surface area contributed by atoms with Crippen LogP contribution in [0.1, 0.15) is 18.4 Å². The van der Waals surface area contributed by atoms with Crippen LogP contribution in [0.5, 0.6) is 0 Å². The number of carbonyl (C=O) groups is 2. The molecule has 3 aliphatic rings. The summed E-state index contributed by atoms with van der Waals surface area (Å²) in [4.78, 5) is 24.6. The summed E-state index contributed by atoms with van der Waals surface area (Å²) in [5, 5.41) is 2.97. The van der Waals surface area contributed by atoms with Gasteiger partial charge < -0.3 is 10.1 Å². The van der Waals surface area contributed by atoms with Crippen molar-refractivity contribution in [3.8, 4) is 0 Å². The minimum Gasteiger partial charge on any atom is -0.462 e. The molecular formula is C16H16BrNO3. The molecule has 5 heteroatoms. The SMILES string of the molecule is Cc1cc(NC(=O)[C@@H]2[C@@H]3C[C@@H]4[C@H]2C(=O)O[C@@H]4C3)ccc1Br. The van der Waals surface area contributed by atoms with E-state index in [2.05, 4.69) is 21.2 Å². The molecule has 1 amide bonds. The van der Waals surface area contributed by atoms with Crippen molar-refractivity contribution in [3.63, 3.8) is 0 Å². The first-order chi connectivity index (χ1) is 10.0. The summed E-state index contributed by atoms with van der Waals surface area (Å²) in [6, 6.07) is 5.73. The first-order valence-electron chi connectivity index (χ1n) is 7.32. The van der Waals surface area contributed by atoms with Crippen LogP contribution in [0.3, 0.4) is 0 Å². The van der Waals surface area contributed by atoms with E-state index in [4.69, 9.17) is 4.74 Å². The van der Waals surface area contributed by atoms with Gasteiger partial charge >= 0.3 is 5.97 Å². The third kappa shape index (κ3) is 1.94. The highest BCUT2D eigenvalue weighted by molar-refractivity contribution is 9.10. The number of amides is 1. The van der Waals surface area contributed by atoms with Crippen molar-refractivity contribution in [3.05, 3.63) is 28.2 Å². The molecule has 5 atom stereocenters. The average molecular weight is 350 g/mol. The summed E-state index contributed by atoms with van der Waals surface area (Å²) in [5.41, 5.74) is 1.85. The molecule has 4 nitrogen and oxygen atoms in total. The second kappa shape index (κ2) is 4.57. The number of ether oxygens (including phenoxy) is 1. The first kappa shape index (κ1) is 13.3. The van der Waals surface area contributed by atoms with E-state index in [0.717, 1.165) is 28.6 Å². The van der Waals surface area contributed by atoms with Crippen LogP contribution in [-0.2, 0) is 14.3 Å². The van der Waals surface area contributed by atoms with Gasteiger partial charge in [-0.3, -0.25) is 9.59 Å². The van der Waals surface area contributed by atoms with Crippen LogP contribution < -0.4 is 5.32 Å². The lowest BCUT2D eigenvalue weighted by Gasteiger charge is -2.23. The van der Waals surface area contributed by atoms with Crippen LogP contribution in [0, 0.1) is 30.6 Å². The lowest BCUT2D eigenvalue weighted by molar-refractivity contribution is -0.145. The summed E-state index contributed by atoms with van der Waals surface area (Å²) >= 11 is 3.45. The summed E-state index contributed by atoms with van der Waals surface area (Å²) in [6.07, 6.45) is 1.88. The molecule has 21 heavy (non-hydrogen) atoms. The van der Waals surface area contributed by atoms with Gasteiger partial charge in [0.25, 0.3) is 0 Å². The maximum Gasteiger partial charge on any atom is 0.310 e. The lowest BCUT2D eigenvalue weighted by atomic mass is 9.79. The fourth-order valence-electron chi connectivity index (χ4n) is 4.31. The maximum absolute atomic E-state index is 12.6. The van der Waals surface area contributed by atoms with Crippen molar-refractivity contribution in [2.24, 2.45) is 23.7 Å². The lowest BCUT2D eigenvalue weighted by Crippen LogP contribution is -2.35. The van der Waals surface area contributed by atoms with E-state index in [1.807, 2.05) is 25.1 Å². The number of hydrogen-bond donors (Lipinski definition) is 1. The van der Waals surface area contributed by atoms with Crippen molar-refractivity contribution in [2.75, 3.05) is 5.32 Å². The van der Waals surface area contributed by atoms with Gasteiger partial charge in [-0.15, -0.1) is 0 Å². The van der Waals surface area contributed by atoms with E-state index in [1.54, 1.807) is 0 Å². The molecule has 1 saturated heterocycles. The molecule has 0 spiro atoms. The Morgan fingerprint density at radius 1 is 1.38 bits per heavy atom. The molecule has 110 valence electrons. The van der Waals surface area contributed by atoms with Gasteiger partial charge in [-0.25, -0.2) is 0 Å². The van der Waals surface area contributed by atoms with Gasteiger partial charge in [-0.1, -0.05) is 15.9 Å². The number of carbonyl (C=O) groups excluding carboxylic acids is 2. The molecule has 0 aromatic heterocycles. The standard InChI is InChI=1S/C16H16BrNO3/c1-7-4-9(2-3-11(7)17)18-15(19)13-8-5-10-12(6-8)21-16(20)14(10)13/h2-4,8,10,12-14H,5-6H2,1H3,(H,18,19)/t8-,10+,12-,13-,14-/m1/s1. The van der Waals surface area contributed by atoms with Gasteiger partial charge in [0.15, 0.2) is 0 Å². The minimum absolute atomic E-state index is 0.0356. The zero-order valence-corrected chi connectivity index (χ0v) is 13.2. The Hall–Kier alpha value is -1.36. The number of halogens is 1. The van der Waals surface area contributed by atoms with Gasteiger partial charge in [0.1, 0.15) is 6.10 Å². The first-order valence-corrected chi connectivity index (χ1v) is 8.11. The monoisotopic (exact) mass is 349 g/mol. The normalized spacial score (nSPS) is 35.9. The zero-order valence-electron chi connectivity index (χ0n) is 11.6. The molecule has 1 N–H and O–H groups in total. The van der Waals surface area contributed by atoms with Crippen molar-refractivity contribution < 1.29 is 14.3 Å². The second-order valence-electron chi connectivity index (χ2n) is 6.38. The fourth-order valence-corrected chi connectivity index (χ4v) is 4.56. The zero-order chi connectivity index (χ0) is 14.7. The Morgan fingerprint density at radius 3 is 2.95 bits per heavy atom. The molecular weight excluding hydrogens is 334 g/mol. The smallest absolute Gasteiger partial charge is 0.310 e. The highest BCUT2D eigenvalue weighted by atomic mass is 79.9. The van der Waals surface area contributed by atoms with Crippen LogP contribution >= 0.6 is 15.9 Å². The average Bonchev–Trinajstić information content (AvgIpc) is 3.04. The number of aryl methyl sites for hydroxylation is 1. The van der Waals surface area contributed by atoms with E-state index in [-0.39, 0.29) is 35.7 Å². The minimum atomic E-state index is -0.217. The number of nitrogens with one attached hydrogen (secondary N) is 1. The Morgan fingerprint density at radius 2 is 2.19 bits per heavy atom. The summed E-state index contributed by atoms with van der Waals surface area (Å²) in [5.74, 6) is -0.0722. The molecule has 4 rings (SSSR count). The highest BCUT2D eigenvalue weighted by Gasteiger charge is 2.63. The predicted molar refractivity (Wildman–Crippen MR) is 80.6 cm³/mol. The van der Waals surface area contributed by atoms with Crippen LogP contribution in [0.4, 0.5) is 5.69 Å². The van der Waals surface area contributed by atoms with Gasteiger partial charge in [-0.2, -0.15) is 0 Å². The van der Waals surface area contributed by atoms with E-state index in [9.17, 15) is 9.59 Å². The summed E-state index contributed by atoms with van der Waals surface area (Å²) < 4.78 is 6.40. The molecule has 1 aliphatic heterocycles. The van der Waals surface area contributed by atoms with Crippen LogP contribution in [0.2, 0.25) is 0 Å². The molecule has 1 aromatic rings. The predicted octanol–water partition coefficient (Wildman–Crippen LogP) is 2.89. The van der Waals surface area contributed by atoms with Crippen LogP contribution in [0.15, 0.2) is 22.7 Å². The number of fused-ring (bicyclic) bond motifs is 1. The number of hydrogen-bond acceptors (Lipinski definition) is 3. The summed E-state index contributed by atoms with van der Waals surface area (Å²) in [6.45, 7) is 1.98. The molecule has 2 bridgehead atoms. The van der Waals surface area contributed by atoms with E-state index in [0.29, 0.717) is 5.92 Å². The maximum atomic E-state index is 12.6. The molecule has 0 unspecified atom stereocenters. The third-order valence-electron chi connectivity index (χ3n) is 5.21. The Labute approximate surface area is 131 Å². The molecule has 1 heterocycles. The van der Waals surface area contributed by atoms with Crippen molar-refractivity contribution in [1.29, 1.82) is 0 Å². The van der Waals surface area contributed by atoms with Gasteiger partial charge in [0.2, 0.25) is 5.91 Å². The van der Waals surface area contributed by atoms with E-state index < -0.39 is 0 Å². The van der Waals surface area contributed by atoms with Gasteiger partial charge in [0.05, 0.1) is 11.8 Å². The van der Waals surface area contributed by atoms with Gasteiger partial charge in [0, 0.05) is 16.1 Å². The number of esters is 1. The molecule has 2 aliphatic carbocycles. The van der Waals surface area contributed by atoms with Crippen molar-refractivity contribution >= 4 is 33.5 Å². The molecule has 3 fully saturated rings.